The molecule has 126 valence electrons. The smallest absolute Gasteiger partial charge is 0.248 e. The highest BCUT2D eigenvalue weighted by molar-refractivity contribution is 7.99. The lowest BCUT2D eigenvalue weighted by molar-refractivity contribution is -0.115. The van der Waals surface area contributed by atoms with Crippen LogP contribution < -0.4 is 11.1 Å². The summed E-state index contributed by atoms with van der Waals surface area (Å²) in [5.74, 6) is 1.10. The number of carbonyl (C=O) groups excluding carboxylic acids is 1. The molecule has 2 aromatic heterocycles. The fourth-order valence-electron chi connectivity index (χ4n) is 2.67. The van der Waals surface area contributed by atoms with Gasteiger partial charge < -0.3 is 11.1 Å². The Hall–Kier alpha value is -2.35. The van der Waals surface area contributed by atoms with E-state index in [0.717, 1.165) is 24.2 Å². The Labute approximate surface area is 144 Å². The van der Waals surface area contributed by atoms with Crippen LogP contribution in [0, 0.1) is 0 Å². The van der Waals surface area contributed by atoms with Gasteiger partial charge in [0.25, 0.3) is 0 Å². The quantitative estimate of drug-likeness (QED) is 0.616. The number of hydrogen-bond acceptors (Lipinski definition) is 6. The van der Waals surface area contributed by atoms with Crippen molar-refractivity contribution in [2.45, 2.75) is 37.9 Å². The Balaban J connectivity index is 2.02. The molecule has 0 aliphatic carbocycles. The van der Waals surface area contributed by atoms with Gasteiger partial charge in [-0.05, 0) is 25.0 Å². The molecule has 1 aliphatic rings. The third-order valence-electron chi connectivity index (χ3n) is 3.83. The third kappa shape index (κ3) is 3.14. The van der Waals surface area contributed by atoms with Gasteiger partial charge in [-0.1, -0.05) is 31.2 Å². The predicted octanol–water partition coefficient (Wildman–Crippen LogP) is 2.34. The van der Waals surface area contributed by atoms with Crippen molar-refractivity contribution in [3.8, 4) is 0 Å². The number of primary amides is 1. The maximum atomic E-state index is 12.0. The molecule has 1 aliphatic heterocycles. The minimum absolute atomic E-state index is 0.416. The van der Waals surface area contributed by atoms with E-state index in [2.05, 4.69) is 27.3 Å². The van der Waals surface area contributed by atoms with Gasteiger partial charge in [0.15, 0.2) is 0 Å². The number of nitrogens with one attached hydrogen (secondary N) is 1. The number of amides is 1. The normalized spacial score (nSPS) is 16.7. The zero-order chi connectivity index (χ0) is 17.1. The van der Waals surface area contributed by atoms with E-state index in [1.54, 1.807) is 28.8 Å². The van der Waals surface area contributed by atoms with Crippen LogP contribution in [0.2, 0.25) is 0 Å². The van der Waals surface area contributed by atoms with Crippen LogP contribution in [0.4, 0.5) is 5.95 Å². The summed E-state index contributed by atoms with van der Waals surface area (Å²) in [6, 6.07) is 3.33. The molecule has 0 fully saturated rings. The summed E-state index contributed by atoms with van der Waals surface area (Å²) >= 11 is 1.61. The van der Waals surface area contributed by atoms with Crippen molar-refractivity contribution in [3.05, 3.63) is 41.4 Å². The Morgan fingerprint density at radius 3 is 3.00 bits per heavy atom. The van der Waals surface area contributed by atoms with Gasteiger partial charge in [0.2, 0.25) is 17.0 Å². The molecule has 1 amide bonds. The number of unbranched alkanes of at least 4 members (excludes halogenated alkanes) is 1. The minimum Gasteiger partial charge on any atom is -0.366 e. The fourth-order valence-corrected chi connectivity index (χ4v) is 3.58. The van der Waals surface area contributed by atoms with Crippen LogP contribution in [0.15, 0.2) is 41.0 Å². The fraction of sp³-hybridized carbons (Fsp3) is 0.375. The number of nitrogens with zero attached hydrogens (tertiary/aromatic N) is 4. The molecule has 0 bridgehead atoms. The van der Waals surface area contributed by atoms with Crippen LogP contribution in [0.3, 0.4) is 0 Å². The summed E-state index contributed by atoms with van der Waals surface area (Å²) in [5, 5.41) is 8.41. The monoisotopic (exact) mass is 344 g/mol. The summed E-state index contributed by atoms with van der Waals surface area (Å²) in [6.45, 7) is 3.98. The number of nitrogens with two attached hydrogens (primary N) is 1. The highest BCUT2D eigenvalue weighted by Gasteiger charge is 2.33. The van der Waals surface area contributed by atoms with Gasteiger partial charge in [-0.15, -0.1) is 5.10 Å². The van der Waals surface area contributed by atoms with E-state index in [4.69, 9.17) is 5.73 Å². The summed E-state index contributed by atoms with van der Waals surface area (Å²) in [7, 11) is 0. The Morgan fingerprint density at radius 1 is 1.50 bits per heavy atom. The highest BCUT2D eigenvalue weighted by Crippen LogP contribution is 2.35. The van der Waals surface area contributed by atoms with Crippen molar-refractivity contribution in [1.29, 1.82) is 0 Å². The first-order valence-electron chi connectivity index (χ1n) is 7.88. The van der Waals surface area contributed by atoms with Crippen molar-refractivity contribution in [2.75, 3.05) is 11.1 Å². The Bertz CT molecular complexity index is 770. The van der Waals surface area contributed by atoms with Crippen LogP contribution >= 0.6 is 11.8 Å². The number of carbonyl (C=O) groups is 1. The minimum atomic E-state index is -0.477. The Morgan fingerprint density at radius 2 is 2.33 bits per heavy atom. The van der Waals surface area contributed by atoms with E-state index in [1.165, 1.54) is 0 Å². The second-order valence-electron chi connectivity index (χ2n) is 5.58. The number of fused-ring (bicyclic) bond motifs is 1. The van der Waals surface area contributed by atoms with Crippen molar-refractivity contribution in [1.82, 2.24) is 19.7 Å². The van der Waals surface area contributed by atoms with Gasteiger partial charge in [-0.2, -0.15) is 4.98 Å². The van der Waals surface area contributed by atoms with Gasteiger partial charge in [-0.3, -0.25) is 9.78 Å². The molecule has 3 rings (SSSR count). The lowest BCUT2D eigenvalue weighted by Gasteiger charge is -2.27. The maximum absolute atomic E-state index is 12.0. The molecular formula is C16H20N6OS. The molecule has 24 heavy (non-hydrogen) atoms. The molecule has 3 N–H and O–H groups in total. The van der Waals surface area contributed by atoms with Crippen LogP contribution in [0.25, 0.3) is 0 Å². The first-order valence-corrected chi connectivity index (χ1v) is 8.87. The maximum Gasteiger partial charge on any atom is 0.248 e. The van der Waals surface area contributed by atoms with Crippen molar-refractivity contribution in [2.24, 2.45) is 5.73 Å². The average molecular weight is 344 g/mol. The second kappa shape index (κ2) is 7.04. The number of anilines is 1. The number of rotatable bonds is 6. The molecule has 0 saturated heterocycles. The van der Waals surface area contributed by atoms with Crippen LogP contribution in [0.1, 0.15) is 38.3 Å². The van der Waals surface area contributed by atoms with E-state index in [-0.39, 0.29) is 0 Å². The summed E-state index contributed by atoms with van der Waals surface area (Å²) in [5.41, 5.74) is 7.65. The van der Waals surface area contributed by atoms with E-state index < -0.39 is 11.9 Å². The first-order chi connectivity index (χ1) is 11.6. The standard InChI is InChI=1S/C16H20N6OS/c1-3-4-8-24-16-20-15-19-10(2)12(14(17)23)13(22(15)21-16)11-6-5-7-18-9-11/h5-7,9,13H,3-4,8H2,1-2H3,(H2,17,23)(H,19,20,21). The molecule has 0 saturated carbocycles. The van der Waals surface area contributed by atoms with Gasteiger partial charge in [0, 0.05) is 23.8 Å². The van der Waals surface area contributed by atoms with Crippen molar-refractivity contribution in [3.63, 3.8) is 0 Å². The zero-order valence-electron chi connectivity index (χ0n) is 13.7. The van der Waals surface area contributed by atoms with Crippen LogP contribution in [-0.4, -0.2) is 31.4 Å². The van der Waals surface area contributed by atoms with Crippen LogP contribution in [-0.2, 0) is 4.79 Å². The number of thioether (sulfide) groups is 1. The van der Waals surface area contributed by atoms with Crippen LogP contribution in [0.5, 0.6) is 0 Å². The molecule has 1 atom stereocenters. The highest BCUT2D eigenvalue weighted by atomic mass is 32.2. The van der Waals surface area contributed by atoms with Gasteiger partial charge in [-0.25, -0.2) is 4.68 Å². The number of hydrogen-bond donors (Lipinski definition) is 2. The van der Waals surface area contributed by atoms with E-state index in [9.17, 15) is 4.79 Å². The zero-order valence-corrected chi connectivity index (χ0v) is 14.5. The molecular weight excluding hydrogens is 324 g/mol. The summed E-state index contributed by atoms with van der Waals surface area (Å²) in [4.78, 5) is 20.7. The molecule has 8 heteroatoms. The lowest BCUT2D eigenvalue weighted by Crippen LogP contribution is -2.31. The van der Waals surface area contributed by atoms with E-state index >= 15 is 0 Å². The molecule has 3 heterocycles. The molecule has 0 aromatic carbocycles. The summed E-state index contributed by atoms with van der Waals surface area (Å²) in [6.07, 6.45) is 5.66. The second-order valence-corrected chi connectivity index (χ2v) is 6.64. The third-order valence-corrected chi connectivity index (χ3v) is 4.75. The largest absolute Gasteiger partial charge is 0.366 e. The SMILES string of the molecule is CCCCSc1nc2n(n1)C(c1cccnc1)C(C(N)=O)=C(C)N2. The van der Waals surface area contributed by atoms with E-state index in [1.807, 2.05) is 19.1 Å². The van der Waals surface area contributed by atoms with E-state index in [0.29, 0.717) is 22.4 Å². The van der Waals surface area contributed by atoms with Gasteiger partial charge >= 0.3 is 0 Å². The van der Waals surface area contributed by atoms with Gasteiger partial charge in [0.1, 0.15) is 6.04 Å². The molecule has 2 aromatic rings. The molecule has 7 nitrogen and oxygen atoms in total. The average Bonchev–Trinajstić information content (AvgIpc) is 2.96. The number of pyridine rings is 1. The number of allylic oxidation sites excluding steroid dienone is 1. The first kappa shape index (κ1) is 16.5. The summed E-state index contributed by atoms with van der Waals surface area (Å²) < 4.78 is 1.72. The van der Waals surface area contributed by atoms with Gasteiger partial charge in [0.05, 0.1) is 5.57 Å². The topological polar surface area (TPSA) is 98.7 Å². The molecule has 1 unspecified atom stereocenters. The number of aromatic nitrogens is 4. The molecule has 0 spiro atoms. The lowest BCUT2D eigenvalue weighted by atomic mass is 9.97. The van der Waals surface area contributed by atoms with Crippen molar-refractivity contribution >= 4 is 23.6 Å². The molecule has 0 radical (unpaired) electrons. The Kier molecular flexibility index (Phi) is 4.84. The predicted molar refractivity (Wildman–Crippen MR) is 93.5 cm³/mol. The van der Waals surface area contributed by atoms with Crippen molar-refractivity contribution < 1.29 is 4.79 Å².